The summed E-state index contributed by atoms with van der Waals surface area (Å²) in [7, 11) is 0. The summed E-state index contributed by atoms with van der Waals surface area (Å²) >= 11 is 8.84. The van der Waals surface area contributed by atoms with E-state index in [0.29, 0.717) is 33.6 Å². The minimum Gasteiger partial charge on any atom is -0.298 e. The fourth-order valence-electron chi connectivity index (χ4n) is 1.93. The van der Waals surface area contributed by atoms with Crippen molar-refractivity contribution in [2.24, 2.45) is 0 Å². The number of rotatable bonds is 3. The molecule has 7 heteroatoms. The molecule has 25 heavy (non-hydrogen) atoms. The lowest BCUT2D eigenvalue weighted by Gasteiger charge is -2.05. The maximum atomic E-state index is 13.6. The van der Waals surface area contributed by atoms with Gasteiger partial charge in [-0.2, -0.15) is 0 Å². The highest BCUT2D eigenvalue weighted by atomic mass is 79.9. The molecule has 2 heterocycles. The predicted molar refractivity (Wildman–Crippen MR) is 97.4 cm³/mol. The Morgan fingerprint density at radius 3 is 2.12 bits per heavy atom. The lowest BCUT2D eigenvalue weighted by molar-refractivity contribution is 0.111. The van der Waals surface area contributed by atoms with E-state index in [1.54, 1.807) is 30.5 Å². The molecule has 0 saturated heterocycles. The van der Waals surface area contributed by atoms with Crippen molar-refractivity contribution < 1.29 is 14.0 Å². The molecule has 0 radical (unpaired) electrons. The number of pyridine rings is 2. The van der Waals surface area contributed by atoms with Crippen LogP contribution < -0.4 is 0 Å². The molecular formula is C18H11BrClFN2O2. The van der Waals surface area contributed by atoms with Crippen molar-refractivity contribution >= 4 is 40.1 Å². The monoisotopic (exact) mass is 420 g/mol. The number of hydrogen-bond donors (Lipinski definition) is 0. The van der Waals surface area contributed by atoms with E-state index in [0.717, 1.165) is 10.8 Å². The van der Waals surface area contributed by atoms with Crippen LogP contribution in [0.25, 0.3) is 11.1 Å². The van der Waals surface area contributed by atoms with Gasteiger partial charge in [-0.25, -0.2) is 4.39 Å². The molecule has 2 aromatic heterocycles. The van der Waals surface area contributed by atoms with Crippen LogP contribution in [0.4, 0.5) is 4.39 Å². The molecule has 0 amide bonds. The molecule has 0 saturated carbocycles. The second-order valence-electron chi connectivity index (χ2n) is 4.72. The summed E-state index contributed by atoms with van der Waals surface area (Å²) in [5, 5.41) is 0.322. The number of halogens is 3. The van der Waals surface area contributed by atoms with E-state index >= 15 is 0 Å². The first-order chi connectivity index (χ1) is 12.1. The number of carbonyl (C=O) groups is 2. The van der Waals surface area contributed by atoms with Crippen LogP contribution in [0.15, 0.2) is 59.6 Å². The van der Waals surface area contributed by atoms with Gasteiger partial charge >= 0.3 is 0 Å². The Balaban J connectivity index is 0.000000212. The second-order valence-corrected chi connectivity index (χ2v) is 6.01. The van der Waals surface area contributed by atoms with Gasteiger partial charge in [-0.15, -0.1) is 0 Å². The van der Waals surface area contributed by atoms with Gasteiger partial charge in [0.25, 0.3) is 0 Å². The van der Waals surface area contributed by atoms with Crippen molar-refractivity contribution in [2.45, 2.75) is 0 Å². The van der Waals surface area contributed by atoms with Gasteiger partial charge in [-0.1, -0.05) is 11.6 Å². The van der Waals surface area contributed by atoms with E-state index in [2.05, 4.69) is 25.9 Å². The van der Waals surface area contributed by atoms with Gasteiger partial charge in [-0.05, 0) is 51.8 Å². The Bertz CT molecular complexity index is 906. The molecule has 4 nitrogen and oxygen atoms in total. The highest BCUT2D eigenvalue weighted by Gasteiger charge is 2.09. The lowest BCUT2D eigenvalue weighted by Crippen LogP contribution is -1.91. The Morgan fingerprint density at radius 2 is 1.56 bits per heavy atom. The molecule has 0 fully saturated rings. The summed E-state index contributed by atoms with van der Waals surface area (Å²) in [6.07, 6.45) is 7.45. The van der Waals surface area contributed by atoms with Crippen molar-refractivity contribution in [2.75, 3.05) is 0 Å². The number of nitrogens with zero attached hydrogens (tertiary/aromatic N) is 2. The molecule has 0 spiro atoms. The van der Waals surface area contributed by atoms with Crippen LogP contribution in [0.1, 0.15) is 20.7 Å². The van der Waals surface area contributed by atoms with Gasteiger partial charge in [0.15, 0.2) is 12.6 Å². The van der Waals surface area contributed by atoms with Gasteiger partial charge in [0.05, 0.1) is 0 Å². The van der Waals surface area contributed by atoms with E-state index in [1.807, 2.05) is 0 Å². The van der Waals surface area contributed by atoms with Crippen LogP contribution in [0.5, 0.6) is 0 Å². The van der Waals surface area contributed by atoms with Gasteiger partial charge in [0, 0.05) is 51.0 Å². The zero-order valence-electron chi connectivity index (χ0n) is 12.7. The van der Waals surface area contributed by atoms with E-state index in [4.69, 9.17) is 11.6 Å². The summed E-state index contributed by atoms with van der Waals surface area (Å²) in [5.74, 6) is -0.457. The average molecular weight is 422 g/mol. The van der Waals surface area contributed by atoms with Crippen molar-refractivity contribution in [3.05, 3.63) is 81.6 Å². The summed E-state index contributed by atoms with van der Waals surface area (Å²) in [4.78, 5) is 28.5. The van der Waals surface area contributed by atoms with Crippen LogP contribution >= 0.6 is 27.5 Å². The van der Waals surface area contributed by atoms with Crippen LogP contribution in [-0.4, -0.2) is 22.5 Å². The van der Waals surface area contributed by atoms with Crippen molar-refractivity contribution in [1.29, 1.82) is 0 Å². The number of aldehydes is 2. The molecule has 126 valence electrons. The number of hydrogen-bond acceptors (Lipinski definition) is 4. The zero-order chi connectivity index (χ0) is 18.2. The van der Waals surface area contributed by atoms with E-state index < -0.39 is 5.82 Å². The molecule has 0 atom stereocenters. The molecule has 0 bridgehead atoms. The summed E-state index contributed by atoms with van der Waals surface area (Å²) in [5.41, 5.74) is 1.79. The van der Waals surface area contributed by atoms with E-state index in [-0.39, 0.29) is 0 Å². The normalized spacial score (nSPS) is 9.72. The third-order valence-corrected chi connectivity index (χ3v) is 4.08. The first-order valence-corrected chi connectivity index (χ1v) is 8.13. The third kappa shape index (κ3) is 5.01. The minimum absolute atomic E-state index is 0.322. The van der Waals surface area contributed by atoms with Crippen molar-refractivity contribution in [3.63, 3.8) is 0 Å². The smallest absolute Gasteiger partial charge is 0.152 e. The quantitative estimate of drug-likeness (QED) is 0.558. The Morgan fingerprint density at radius 1 is 0.920 bits per heavy atom. The topological polar surface area (TPSA) is 59.9 Å². The summed E-state index contributed by atoms with van der Waals surface area (Å²) < 4.78 is 14.4. The Labute approximate surface area is 156 Å². The van der Waals surface area contributed by atoms with Gasteiger partial charge < -0.3 is 0 Å². The highest BCUT2D eigenvalue weighted by Crippen LogP contribution is 2.26. The number of benzene rings is 1. The first-order valence-electron chi connectivity index (χ1n) is 6.96. The zero-order valence-corrected chi connectivity index (χ0v) is 15.0. The molecule has 3 rings (SSSR count). The van der Waals surface area contributed by atoms with Crippen LogP contribution in [0.3, 0.4) is 0 Å². The molecule has 0 unspecified atom stereocenters. The van der Waals surface area contributed by atoms with Gasteiger partial charge in [0.2, 0.25) is 0 Å². The Kier molecular flexibility index (Phi) is 6.91. The molecule has 0 aliphatic rings. The van der Waals surface area contributed by atoms with Crippen LogP contribution in [0.2, 0.25) is 5.02 Å². The van der Waals surface area contributed by atoms with Gasteiger partial charge in [-0.3, -0.25) is 19.6 Å². The summed E-state index contributed by atoms with van der Waals surface area (Å²) in [6, 6.07) is 7.65. The first kappa shape index (κ1) is 18.9. The molecule has 3 aromatic rings. The molecule has 1 aromatic carbocycles. The Hall–Kier alpha value is -2.44. The van der Waals surface area contributed by atoms with E-state index in [1.165, 1.54) is 24.7 Å². The number of aromatic nitrogens is 2. The minimum atomic E-state index is -0.457. The molecule has 0 aliphatic carbocycles. The fourth-order valence-corrected chi connectivity index (χ4v) is 2.40. The SMILES string of the molecule is O=Cc1cnccc1-c1ccc(Cl)cc1F.O=Cc1cnccc1Br. The fraction of sp³-hybridized carbons (Fsp3) is 0. The summed E-state index contributed by atoms with van der Waals surface area (Å²) in [6.45, 7) is 0. The molecular weight excluding hydrogens is 411 g/mol. The largest absolute Gasteiger partial charge is 0.298 e. The maximum absolute atomic E-state index is 13.6. The van der Waals surface area contributed by atoms with Crippen molar-refractivity contribution in [3.8, 4) is 11.1 Å². The predicted octanol–water partition coefficient (Wildman–Crippen LogP) is 5.01. The number of carbonyl (C=O) groups excluding carboxylic acids is 2. The van der Waals surface area contributed by atoms with E-state index in [9.17, 15) is 14.0 Å². The second kappa shape index (κ2) is 9.15. The highest BCUT2D eigenvalue weighted by molar-refractivity contribution is 9.10. The van der Waals surface area contributed by atoms with Crippen LogP contribution in [-0.2, 0) is 0 Å². The average Bonchev–Trinajstić information content (AvgIpc) is 2.63. The molecule has 0 N–H and O–H groups in total. The van der Waals surface area contributed by atoms with Gasteiger partial charge in [0.1, 0.15) is 5.82 Å². The van der Waals surface area contributed by atoms with Crippen LogP contribution in [0, 0.1) is 5.82 Å². The molecule has 0 aliphatic heterocycles. The van der Waals surface area contributed by atoms with Crippen molar-refractivity contribution in [1.82, 2.24) is 9.97 Å². The third-order valence-electron chi connectivity index (χ3n) is 3.12. The standard InChI is InChI=1S/C12H7ClFNO.C6H4BrNO/c13-9-1-2-11(12(14)5-9)10-3-4-15-6-8(10)7-16;7-6-1-2-8-3-5(6)4-9/h1-7H;1-4H. The maximum Gasteiger partial charge on any atom is 0.152 e. The lowest BCUT2D eigenvalue weighted by atomic mass is 10.0.